The summed E-state index contributed by atoms with van der Waals surface area (Å²) < 4.78 is 18.9. The monoisotopic (exact) mass is 286 g/mol. The van der Waals surface area contributed by atoms with Crippen molar-refractivity contribution < 1.29 is 13.9 Å². The Hall–Kier alpha value is -1.17. The molecule has 0 aromatic heterocycles. The number of carbonyl (C=O) groups is 1. The van der Waals surface area contributed by atoms with E-state index in [2.05, 4.69) is 10.6 Å². The van der Waals surface area contributed by atoms with Gasteiger partial charge in [-0.1, -0.05) is 11.6 Å². The number of morpholine rings is 1. The molecule has 0 spiro atoms. The fraction of sp³-hybridized carbons (Fsp3) is 0.462. The third-order valence-corrected chi connectivity index (χ3v) is 3.16. The second kappa shape index (κ2) is 6.84. The molecule has 0 bridgehead atoms. The number of hydrogen-bond acceptors (Lipinski definition) is 3. The van der Waals surface area contributed by atoms with Crippen LogP contribution in [-0.2, 0) is 4.74 Å². The second-order valence-corrected chi connectivity index (χ2v) is 4.80. The normalized spacial score (nSPS) is 19.2. The minimum atomic E-state index is -0.572. The van der Waals surface area contributed by atoms with Gasteiger partial charge in [-0.3, -0.25) is 4.79 Å². The molecular formula is C13H16ClFN2O2. The van der Waals surface area contributed by atoms with Gasteiger partial charge in [-0.05, 0) is 24.6 Å². The average Bonchev–Trinajstić information content (AvgIpc) is 2.42. The van der Waals surface area contributed by atoms with E-state index in [-0.39, 0.29) is 11.7 Å². The summed E-state index contributed by atoms with van der Waals surface area (Å²) >= 11 is 5.74. The Balaban J connectivity index is 1.82. The molecule has 4 nitrogen and oxygen atoms in total. The van der Waals surface area contributed by atoms with E-state index >= 15 is 0 Å². The van der Waals surface area contributed by atoms with Crippen molar-refractivity contribution in [3.05, 3.63) is 34.6 Å². The van der Waals surface area contributed by atoms with Crippen LogP contribution in [0.1, 0.15) is 16.8 Å². The molecule has 1 amide bonds. The summed E-state index contributed by atoms with van der Waals surface area (Å²) in [5.41, 5.74) is -0.0322. The molecule has 0 aliphatic carbocycles. The zero-order chi connectivity index (χ0) is 13.7. The van der Waals surface area contributed by atoms with Gasteiger partial charge >= 0.3 is 0 Å². The Kier molecular flexibility index (Phi) is 5.13. The van der Waals surface area contributed by atoms with Crippen LogP contribution in [0.5, 0.6) is 0 Å². The summed E-state index contributed by atoms with van der Waals surface area (Å²) in [6.45, 7) is 2.76. The van der Waals surface area contributed by atoms with Crippen LogP contribution in [0.2, 0.25) is 5.02 Å². The lowest BCUT2D eigenvalue weighted by Crippen LogP contribution is -2.40. The van der Waals surface area contributed by atoms with Gasteiger partial charge in [-0.25, -0.2) is 4.39 Å². The van der Waals surface area contributed by atoms with E-state index in [0.717, 1.165) is 13.1 Å². The Morgan fingerprint density at radius 3 is 3.16 bits per heavy atom. The molecule has 2 N–H and O–H groups in total. The molecule has 1 aliphatic rings. The highest BCUT2D eigenvalue weighted by atomic mass is 35.5. The quantitative estimate of drug-likeness (QED) is 0.884. The maximum Gasteiger partial charge on any atom is 0.254 e. The smallest absolute Gasteiger partial charge is 0.254 e. The number of benzene rings is 1. The number of ether oxygens (including phenoxy) is 1. The van der Waals surface area contributed by atoms with Gasteiger partial charge in [-0.2, -0.15) is 0 Å². The zero-order valence-electron chi connectivity index (χ0n) is 10.4. The first-order chi connectivity index (χ1) is 9.16. The Morgan fingerprint density at radius 1 is 1.58 bits per heavy atom. The zero-order valence-corrected chi connectivity index (χ0v) is 11.2. The Bertz CT molecular complexity index is 450. The van der Waals surface area contributed by atoms with E-state index in [9.17, 15) is 9.18 Å². The standard InChI is InChI=1S/C13H16ClFN2O2/c14-9-1-2-12(15)11(7-9)13(18)17-4-3-10-8-16-5-6-19-10/h1-2,7,10,16H,3-6,8H2,(H,17,18). The van der Waals surface area contributed by atoms with Crippen molar-refractivity contribution in [1.82, 2.24) is 10.6 Å². The second-order valence-electron chi connectivity index (χ2n) is 4.37. The number of halogens is 2. The third-order valence-electron chi connectivity index (χ3n) is 2.93. The summed E-state index contributed by atoms with van der Waals surface area (Å²) in [5, 5.41) is 6.21. The van der Waals surface area contributed by atoms with Crippen molar-refractivity contribution in [1.29, 1.82) is 0 Å². The molecule has 1 fully saturated rings. The Labute approximate surface area is 116 Å². The van der Waals surface area contributed by atoms with E-state index in [0.29, 0.717) is 24.6 Å². The number of amides is 1. The molecule has 1 aromatic carbocycles. The first kappa shape index (κ1) is 14.2. The van der Waals surface area contributed by atoms with Crippen LogP contribution in [0.25, 0.3) is 0 Å². The van der Waals surface area contributed by atoms with Crippen molar-refractivity contribution in [2.24, 2.45) is 0 Å². The number of carbonyl (C=O) groups excluding carboxylic acids is 1. The van der Waals surface area contributed by atoms with Crippen LogP contribution in [-0.4, -0.2) is 38.3 Å². The SMILES string of the molecule is O=C(NCCC1CNCCO1)c1cc(Cl)ccc1F. The molecule has 19 heavy (non-hydrogen) atoms. The minimum absolute atomic E-state index is 0.0322. The van der Waals surface area contributed by atoms with Crippen LogP contribution < -0.4 is 10.6 Å². The highest BCUT2D eigenvalue weighted by molar-refractivity contribution is 6.30. The summed E-state index contributed by atoms with van der Waals surface area (Å²) in [6.07, 6.45) is 0.791. The highest BCUT2D eigenvalue weighted by Gasteiger charge is 2.15. The van der Waals surface area contributed by atoms with Gasteiger partial charge in [0, 0.05) is 24.7 Å². The molecule has 1 aliphatic heterocycles. The molecule has 1 atom stereocenters. The maximum absolute atomic E-state index is 13.4. The molecular weight excluding hydrogens is 271 g/mol. The summed E-state index contributed by atoms with van der Waals surface area (Å²) in [4.78, 5) is 11.8. The number of hydrogen-bond donors (Lipinski definition) is 2. The van der Waals surface area contributed by atoms with Gasteiger partial charge in [0.05, 0.1) is 18.3 Å². The van der Waals surface area contributed by atoms with Crippen molar-refractivity contribution >= 4 is 17.5 Å². The van der Waals surface area contributed by atoms with Gasteiger partial charge in [-0.15, -0.1) is 0 Å². The molecule has 1 heterocycles. The van der Waals surface area contributed by atoms with Crippen molar-refractivity contribution in [3.63, 3.8) is 0 Å². The van der Waals surface area contributed by atoms with Crippen LogP contribution in [0, 0.1) is 5.82 Å². The third kappa shape index (κ3) is 4.16. The van der Waals surface area contributed by atoms with Crippen molar-refractivity contribution in [3.8, 4) is 0 Å². The highest BCUT2D eigenvalue weighted by Crippen LogP contribution is 2.14. The van der Waals surface area contributed by atoms with Gasteiger partial charge in [0.1, 0.15) is 5.82 Å². The predicted molar refractivity (Wildman–Crippen MR) is 71.0 cm³/mol. The lowest BCUT2D eigenvalue weighted by atomic mass is 10.2. The maximum atomic E-state index is 13.4. The number of rotatable bonds is 4. The molecule has 2 rings (SSSR count). The molecule has 0 saturated carbocycles. The first-order valence-electron chi connectivity index (χ1n) is 6.22. The molecule has 1 unspecified atom stereocenters. The van der Waals surface area contributed by atoms with Gasteiger partial charge in [0.15, 0.2) is 0 Å². The molecule has 0 radical (unpaired) electrons. The average molecular weight is 287 g/mol. The van der Waals surface area contributed by atoms with Crippen molar-refractivity contribution in [2.45, 2.75) is 12.5 Å². The van der Waals surface area contributed by atoms with Crippen molar-refractivity contribution in [2.75, 3.05) is 26.2 Å². The largest absolute Gasteiger partial charge is 0.376 e. The van der Waals surface area contributed by atoms with E-state index in [4.69, 9.17) is 16.3 Å². The summed E-state index contributed by atoms with van der Waals surface area (Å²) in [7, 11) is 0. The lowest BCUT2D eigenvalue weighted by Gasteiger charge is -2.23. The molecule has 104 valence electrons. The first-order valence-corrected chi connectivity index (χ1v) is 6.60. The molecule has 1 saturated heterocycles. The van der Waals surface area contributed by atoms with E-state index < -0.39 is 11.7 Å². The van der Waals surface area contributed by atoms with Gasteiger partial charge in [0.25, 0.3) is 5.91 Å². The summed E-state index contributed by atoms with van der Waals surface area (Å²) in [6, 6.07) is 3.92. The summed E-state index contributed by atoms with van der Waals surface area (Å²) in [5.74, 6) is -1.03. The van der Waals surface area contributed by atoms with Crippen LogP contribution >= 0.6 is 11.6 Å². The van der Waals surface area contributed by atoms with Gasteiger partial charge in [0.2, 0.25) is 0 Å². The van der Waals surface area contributed by atoms with E-state index in [1.54, 1.807) is 0 Å². The van der Waals surface area contributed by atoms with Crippen LogP contribution in [0.3, 0.4) is 0 Å². The minimum Gasteiger partial charge on any atom is -0.376 e. The Morgan fingerprint density at radius 2 is 2.42 bits per heavy atom. The lowest BCUT2D eigenvalue weighted by molar-refractivity contribution is 0.0239. The topological polar surface area (TPSA) is 50.4 Å². The van der Waals surface area contributed by atoms with E-state index in [1.807, 2.05) is 0 Å². The van der Waals surface area contributed by atoms with Crippen LogP contribution in [0.4, 0.5) is 4.39 Å². The van der Waals surface area contributed by atoms with Gasteiger partial charge < -0.3 is 15.4 Å². The molecule has 6 heteroatoms. The fourth-order valence-electron chi connectivity index (χ4n) is 1.92. The van der Waals surface area contributed by atoms with Crippen LogP contribution in [0.15, 0.2) is 18.2 Å². The predicted octanol–water partition coefficient (Wildman–Crippen LogP) is 1.59. The molecule has 1 aromatic rings. The van der Waals surface area contributed by atoms with E-state index in [1.165, 1.54) is 18.2 Å². The number of nitrogens with one attached hydrogen (secondary N) is 2. The fourth-order valence-corrected chi connectivity index (χ4v) is 2.09.